The number of H-pyrrole nitrogens is 1. The average Bonchev–Trinajstić information content (AvgIpc) is 2.50. The van der Waals surface area contributed by atoms with Gasteiger partial charge in [-0.25, -0.2) is 0 Å². The maximum atomic E-state index is 4.28. The van der Waals surface area contributed by atoms with E-state index in [0.717, 1.165) is 12.1 Å². The van der Waals surface area contributed by atoms with Gasteiger partial charge in [0.2, 0.25) is 0 Å². The molecule has 0 radical (unpaired) electrons. The summed E-state index contributed by atoms with van der Waals surface area (Å²) in [5.74, 6) is 0. The first-order valence-corrected chi connectivity index (χ1v) is 3.82. The van der Waals surface area contributed by atoms with Crippen LogP contribution in [0.3, 0.4) is 0 Å². The van der Waals surface area contributed by atoms with Gasteiger partial charge in [-0.05, 0) is 18.6 Å². The van der Waals surface area contributed by atoms with E-state index in [1.807, 2.05) is 18.5 Å². The van der Waals surface area contributed by atoms with Crippen molar-refractivity contribution in [3.05, 3.63) is 30.2 Å². The largest absolute Gasteiger partial charge is 0.361 e. The van der Waals surface area contributed by atoms with E-state index in [-0.39, 0.29) is 0 Å². The van der Waals surface area contributed by atoms with Crippen molar-refractivity contribution in [3.8, 4) is 0 Å². The van der Waals surface area contributed by atoms with Crippen LogP contribution in [0, 0.1) is 0 Å². The number of aryl methyl sites for hydroxylation is 1. The van der Waals surface area contributed by atoms with Crippen LogP contribution in [-0.4, -0.2) is 9.97 Å². The van der Waals surface area contributed by atoms with Gasteiger partial charge in [0.25, 0.3) is 0 Å². The summed E-state index contributed by atoms with van der Waals surface area (Å²) in [6.45, 7) is 2.11. The summed E-state index contributed by atoms with van der Waals surface area (Å²) < 4.78 is 0. The molecule has 2 aromatic rings. The molecular weight excluding hydrogens is 136 g/mol. The summed E-state index contributed by atoms with van der Waals surface area (Å²) in [6.07, 6.45) is 4.84. The van der Waals surface area contributed by atoms with Gasteiger partial charge in [0.05, 0.1) is 0 Å². The van der Waals surface area contributed by atoms with Gasteiger partial charge in [0.1, 0.15) is 0 Å². The highest BCUT2D eigenvalue weighted by Gasteiger charge is 1.94. The van der Waals surface area contributed by atoms with Crippen LogP contribution in [0.25, 0.3) is 10.9 Å². The van der Waals surface area contributed by atoms with Crippen molar-refractivity contribution < 1.29 is 0 Å². The van der Waals surface area contributed by atoms with E-state index in [9.17, 15) is 0 Å². The summed E-state index contributed by atoms with van der Waals surface area (Å²) in [6, 6.07) is 4.12. The first kappa shape index (κ1) is 6.40. The Morgan fingerprint density at radius 2 is 2.45 bits per heavy atom. The fraction of sp³-hybridized carbons (Fsp3) is 0.222. The van der Waals surface area contributed by atoms with Gasteiger partial charge in [-0.3, -0.25) is 4.98 Å². The Morgan fingerprint density at radius 1 is 1.55 bits per heavy atom. The summed E-state index contributed by atoms with van der Waals surface area (Å²) in [5, 5.41) is 1.18. The zero-order chi connectivity index (χ0) is 7.68. The minimum Gasteiger partial charge on any atom is -0.361 e. The Balaban J connectivity index is 2.67. The number of nitrogens with one attached hydrogen (secondary N) is 1. The third-order valence-electron chi connectivity index (χ3n) is 1.86. The standard InChI is InChI=1S/C9H10N2/c1-2-8-5-9-7(6-11-8)3-4-10-9/h3-6,10H,2H2,1H3. The van der Waals surface area contributed by atoms with Gasteiger partial charge in [0.15, 0.2) is 0 Å². The number of aromatic amines is 1. The molecule has 56 valence electrons. The summed E-state index contributed by atoms with van der Waals surface area (Å²) in [5.41, 5.74) is 2.32. The Morgan fingerprint density at radius 3 is 3.27 bits per heavy atom. The second-order valence-electron chi connectivity index (χ2n) is 2.59. The van der Waals surface area contributed by atoms with Crippen LogP contribution in [-0.2, 0) is 6.42 Å². The van der Waals surface area contributed by atoms with E-state index in [0.29, 0.717) is 0 Å². The van der Waals surface area contributed by atoms with Gasteiger partial charge < -0.3 is 4.98 Å². The number of hydrogen-bond donors (Lipinski definition) is 1. The van der Waals surface area contributed by atoms with Gasteiger partial charge in [-0.1, -0.05) is 6.92 Å². The molecule has 0 fully saturated rings. The molecule has 1 N–H and O–H groups in total. The van der Waals surface area contributed by atoms with Crippen LogP contribution in [0.5, 0.6) is 0 Å². The SMILES string of the molecule is CCc1cc2[nH]ccc2cn1. The van der Waals surface area contributed by atoms with Gasteiger partial charge in [0, 0.05) is 29.0 Å². The Bertz CT molecular complexity index is 362. The Hall–Kier alpha value is -1.31. The molecule has 0 bridgehead atoms. The van der Waals surface area contributed by atoms with E-state index in [1.165, 1.54) is 10.9 Å². The lowest BCUT2D eigenvalue weighted by Gasteiger charge is -1.93. The molecule has 2 aromatic heterocycles. The summed E-state index contributed by atoms with van der Waals surface area (Å²) in [7, 11) is 0. The van der Waals surface area contributed by atoms with E-state index >= 15 is 0 Å². The molecule has 11 heavy (non-hydrogen) atoms. The van der Waals surface area contributed by atoms with Crippen LogP contribution in [0.1, 0.15) is 12.6 Å². The highest BCUT2D eigenvalue weighted by Crippen LogP contribution is 2.11. The highest BCUT2D eigenvalue weighted by atomic mass is 14.7. The van der Waals surface area contributed by atoms with Crippen molar-refractivity contribution in [2.45, 2.75) is 13.3 Å². The lowest BCUT2D eigenvalue weighted by atomic mass is 10.2. The fourth-order valence-corrected chi connectivity index (χ4v) is 1.18. The topological polar surface area (TPSA) is 28.7 Å². The summed E-state index contributed by atoms with van der Waals surface area (Å²) in [4.78, 5) is 7.43. The second-order valence-corrected chi connectivity index (χ2v) is 2.59. The average molecular weight is 146 g/mol. The van der Waals surface area contributed by atoms with E-state index in [4.69, 9.17) is 0 Å². The van der Waals surface area contributed by atoms with Crippen LogP contribution in [0.2, 0.25) is 0 Å². The van der Waals surface area contributed by atoms with E-state index in [2.05, 4.69) is 23.0 Å². The van der Waals surface area contributed by atoms with E-state index < -0.39 is 0 Å². The number of rotatable bonds is 1. The second kappa shape index (κ2) is 2.38. The minimum atomic E-state index is 0.995. The first-order valence-electron chi connectivity index (χ1n) is 3.82. The van der Waals surface area contributed by atoms with Crippen LogP contribution >= 0.6 is 0 Å². The van der Waals surface area contributed by atoms with Crippen molar-refractivity contribution in [2.75, 3.05) is 0 Å². The predicted molar refractivity (Wildman–Crippen MR) is 45.5 cm³/mol. The van der Waals surface area contributed by atoms with Gasteiger partial charge in [-0.15, -0.1) is 0 Å². The number of pyridine rings is 1. The fourth-order valence-electron chi connectivity index (χ4n) is 1.18. The van der Waals surface area contributed by atoms with Crippen LogP contribution in [0.15, 0.2) is 24.5 Å². The van der Waals surface area contributed by atoms with Crippen LogP contribution < -0.4 is 0 Å². The molecule has 0 aliphatic rings. The minimum absolute atomic E-state index is 0.995. The molecule has 0 aromatic carbocycles. The third-order valence-corrected chi connectivity index (χ3v) is 1.86. The third kappa shape index (κ3) is 1.00. The molecule has 0 amide bonds. The van der Waals surface area contributed by atoms with Crippen molar-refractivity contribution in [1.29, 1.82) is 0 Å². The Labute approximate surface area is 65.3 Å². The molecular formula is C9H10N2. The molecule has 2 heterocycles. The number of nitrogens with zero attached hydrogens (tertiary/aromatic N) is 1. The Kier molecular flexibility index (Phi) is 1.39. The van der Waals surface area contributed by atoms with Gasteiger partial charge in [-0.2, -0.15) is 0 Å². The molecule has 2 nitrogen and oxygen atoms in total. The molecule has 0 aliphatic carbocycles. The quantitative estimate of drug-likeness (QED) is 0.656. The van der Waals surface area contributed by atoms with Crippen molar-refractivity contribution in [2.24, 2.45) is 0 Å². The molecule has 0 spiro atoms. The zero-order valence-corrected chi connectivity index (χ0v) is 6.46. The molecule has 2 heteroatoms. The van der Waals surface area contributed by atoms with Crippen LogP contribution in [0.4, 0.5) is 0 Å². The molecule has 0 aliphatic heterocycles. The number of fused-ring (bicyclic) bond motifs is 1. The zero-order valence-electron chi connectivity index (χ0n) is 6.46. The van der Waals surface area contributed by atoms with Crippen molar-refractivity contribution in [1.82, 2.24) is 9.97 Å². The summed E-state index contributed by atoms with van der Waals surface area (Å²) >= 11 is 0. The predicted octanol–water partition coefficient (Wildman–Crippen LogP) is 2.13. The van der Waals surface area contributed by atoms with Gasteiger partial charge >= 0.3 is 0 Å². The normalized spacial score (nSPS) is 10.6. The smallest absolute Gasteiger partial charge is 0.0487 e. The molecule has 0 unspecified atom stereocenters. The highest BCUT2D eigenvalue weighted by molar-refractivity contribution is 5.78. The van der Waals surface area contributed by atoms with E-state index in [1.54, 1.807) is 0 Å². The maximum Gasteiger partial charge on any atom is 0.0487 e. The van der Waals surface area contributed by atoms with Crippen molar-refractivity contribution >= 4 is 10.9 Å². The molecule has 2 rings (SSSR count). The molecule has 0 atom stereocenters. The monoisotopic (exact) mass is 146 g/mol. The number of aromatic nitrogens is 2. The van der Waals surface area contributed by atoms with Crippen molar-refractivity contribution in [3.63, 3.8) is 0 Å². The number of hydrogen-bond acceptors (Lipinski definition) is 1. The lowest BCUT2D eigenvalue weighted by molar-refractivity contribution is 1.04. The maximum absolute atomic E-state index is 4.28. The molecule has 0 saturated heterocycles. The lowest BCUT2D eigenvalue weighted by Crippen LogP contribution is -1.84. The molecule has 0 saturated carbocycles. The first-order chi connectivity index (χ1) is 5.40.